The lowest BCUT2D eigenvalue weighted by atomic mass is 10.1. The summed E-state index contributed by atoms with van der Waals surface area (Å²) in [6.07, 6.45) is 0. The molecule has 0 saturated heterocycles. The zero-order valence-corrected chi connectivity index (χ0v) is 12.0. The third-order valence-electron chi connectivity index (χ3n) is 2.87. The Bertz CT molecular complexity index is 540. The van der Waals surface area contributed by atoms with Gasteiger partial charge in [-0.2, -0.15) is 0 Å². The summed E-state index contributed by atoms with van der Waals surface area (Å²) in [4.78, 5) is 12.9. The number of rotatable bonds is 6. The average Bonchev–Trinajstić information content (AvgIpc) is 2.97. The van der Waals surface area contributed by atoms with E-state index in [2.05, 4.69) is 10.6 Å². The van der Waals surface area contributed by atoms with Gasteiger partial charge in [0, 0.05) is 4.88 Å². The van der Waals surface area contributed by atoms with Crippen molar-refractivity contribution in [3.8, 4) is 0 Å². The van der Waals surface area contributed by atoms with Crippen LogP contribution in [0.4, 0.5) is 4.39 Å². The molecule has 1 atom stereocenters. The molecule has 0 spiro atoms. The van der Waals surface area contributed by atoms with E-state index in [0.717, 1.165) is 17.0 Å². The SMILES string of the molecule is CCNCC(=O)NC(c1ccc(F)cc1)c1cccs1. The lowest BCUT2D eigenvalue weighted by molar-refractivity contribution is -0.120. The topological polar surface area (TPSA) is 41.1 Å². The Kier molecular flexibility index (Phi) is 5.26. The predicted molar refractivity (Wildman–Crippen MR) is 79.2 cm³/mol. The fourth-order valence-corrected chi connectivity index (χ4v) is 2.68. The van der Waals surface area contributed by atoms with Gasteiger partial charge in [0.1, 0.15) is 5.82 Å². The number of benzene rings is 1. The monoisotopic (exact) mass is 292 g/mol. The van der Waals surface area contributed by atoms with Gasteiger partial charge < -0.3 is 10.6 Å². The second kappa shape index (κ2) is 7.17. The molecule has 0 bridgehead atoms. The molecule has 1 aromatic heterocycles. The van der Waals surface area contributed by atoms with Crippen molar-refractivity contribution >= 4 is 17.2 Å². The molecule has 0 aliphatic carbocycles. The van der Waals surface area contributed by atoms with Gasteiger partial charge in [-0.25, -0.2) is 4.39 Å². The van der Waals surface area contributed by atoms with Crippen LogP contribution in [0.25, 0.3) is 0 Å². The zero-order chi connectivity index (χ0) is 14.4. The summed E-state index contributed by atoms with van der Waals surface area (Å²) in [6, 6.07) is 9.89. The first-order valence-electron chi connectivity index (χ1n) is 6.49. The predicted octanol–water partition coefficient (Wildman–Crippen LogP) is 2.70. The highest BCUT2D eigenvalue weighted by Gasteiger charge is 2.17. The first kappa shape index (κ1) is 14.7. The molecule has 0 aliphatic heterocycles. The molecule has 1 amide bonds. The molecule has 2 rings (SSSR count). The van der Waals surface area contributed by atoms with Gasteiger partial charge in [0.25, 0.3) is 0 Å². The average molecular weight is 292 g/mol. The van der Waals surface area contributed by atoms with Gasteiger partial charge in [-0.1, -0.05) is 25.1 Å². The number of hydrogen-bond donors (Lipinski definition) is 2. The number of nitrogens with one attached hydrogen (secondary N) is 2. The minimum absolute atomic E-state index is 0.0745. The largest absolute Gasteiger partial charge is 0.343 e. The van der Waals surface area contributed by atoms with Gasteiger partial charge in [0.05, 0.1) is 12.6 Å². The molecule has 106 valence electrons. The summed E-state index contributed by atoms with van der Waals surface area (Å²) in [5, 5.41) is 7.93. The number of carbonyl (C=O) groups excluding carboxylic acids is 1. The van der Waals surface area contributed by atoms with E-state index < -0.39 is 0 Å². The van der Waals surface area contributed by atoms with Crippen LogP contribution in [0.2, 0.25) is 0 Å². The molecule has 1 aromatic carbocycles. The minimum Gasteiger partial charge on any atom is -0.343 e. The summed E-state index contributed by atoms with van der Waals surface area (Å²) < 4.78 is 13.0. The zero-order valence-electron chi connectivity index (χ0n) is 11.2. The van der Waals surface area contributed by atoms with Crippen molar-refractivity contribution in [2.45, 2.75) is 13.0 Å². The van der Waals surface area contributed by atoms with Crippen LogP contribution in [-0.2, 0) is 4.79 Å². The molecule has 1 heterocycles. The highest BCUT2D eigenvalue weighted by molar-refractivity contribution is 7.10. The van der Waals surface area contributed by atoms with Crippen LogP contribution in [0.15, 0.2) is 41.8 Å². The first-order valence-corrected chi connectivity index (χ1v) is 7.37. The van der Waals surface area contributed by atoms with E-state index in [9.17, 15) is 9.18 Å². The van der Waals surface area contributed by atoms with E-state index >= 15 is 0 Å². The van der Waals surface area contributed by atoms with E-state index in [1.54, 1.807) is 23.5 Å². The second-order valence-corrected chi connectivity index (χ2v) is 5.33. The Morgan fingerprint density at radius 1 is 1.30 bits per heavy atom. The van der Waals surface area contributed by atoms with Crippen molar-refractivity contribution in [2.24, 2.45) is 0 Å². The number of thiophene rings is 1. The van der Waals surface area contributed by atoms with Crippen molar-refractivity contribution < 1.29 is 9.18 Å². The lowest BCUT2D eigenvalue weighted by Crippen LogP contribution is -2.36. The Labute approximate surface area is 121 Å². The smallest absolute Gasteiger partial charge is 0.234 e. The van der Waals surface area contributed by atoms with E-state index in [0.29, 0.717) is 0 Å². The van der Waals surface area contributed by atoms with Gasteiger partial charge in [-0.15, -0.1) is 11.3 Å². The van der Waals surface area contributed by atoms with Crippen LogP contribution >= 0.6 is 11.3 Å². The van der Waals surface area contributed by atoms with E-state index in [4.69, 9.17) is 0 Å². The summed E-state index contributed by atoms with van der Waals surface area (Å²) >= 11 is 1.57. The maximum Gasteiger partial charge on any atom is 0.234 e. The van der Waals surface area contributed by atoms with Crippen LogP contribution < -0.4 is 10.6 Å². The van der Waals surface area contributed by atoms with Crippen molar-refractivity contribution in [3.05, 3.63) is 58.0 Å². The Morgan fingerprint density at radius 3 is 2.65 bits per heavy atom. The van der Waals surface area contributed by atoms with E-state index in [1.807, 2.05) is 24.4 Å². The molecule has 2 N–H and O–H groups in total. The fraction of sp³-hybridized carbons (Fsp3) is 0.267. The van der Waals surface area contributed by atoms with Crippen LogP contribution in [0, 0.1) is 5.82 Å². The number of halogens is 1. The standard InChI is InChI=1S/C15H17FN2OS/c1-2-17-10-14(19)18-15(13-4-3-9-20-13)11-5-7-12(16)8-6-11/h3-9,15,17H,2,10H2,1H3,(H,18,19). The number of likely N-dealkylation sites (N-methyl/N-ethyl adjacent to an activating group) is 1. The number of carbonyl (C=O) groups is 1. The summed E-state index contributed by atoms with van der Waals surface area (Å²) in [6.45, 7) is 2.97. The maximum absolute atomic E-state index is 13.0. The molecule has 0 aliphatic rings. The van der Waals surface area contributed by atoms with Crippen LogP contribution in [0.3, 0.4) is 0 Å². The molecule has 0 radical (unpaired) electrons. The Hall–Kier alpha value is -1.72. The molecule has 0 saturated carbocycles. The summed E-state index contributed by atoms with van der Waals surface area (Å²) in [7, 11) is 0. The van der Waals surface area contributed by atoms with Crippen molar-refractivity contribution in [3.63, 3.8) is 0 Å². The minimum atomic E-state index is -0.280. The molecule has 20 heavy (non-hydrogen) atoms. The molecular formula is C15H17FN2OS. The van der Waals surface area contributed by atoms with Crippen LogP contribution in [-0.4, -0.2) is 19.0 Å². The highest BCUT2D eigenvalue weighted by atomic mass is 32.1. The fourth-order valence-electron chi connectivity index (χ4n) is 1.88. The Morgan fingerprint density at radius 2 is 2.05 bits per heavy atom. The number of hydrogen-bond acceptors (Lipinski definition) is 3. The third-order valence-corrected chi connectivity index (χ3v) is 3.81. The summed E-state index contributed by atoms with van der Waals surface area (Å²) in [5.74, 6) is -0.354. The molecule has 5 heteroatoms. The normalized spacial score (nSPS) is 12.1. The summed E-state index contributed by atoms with van der Waals surface area (Å²) in [5.41, 5.74) is 0.874. The van der Waals surface area contributed by atoms with Gasteiger partial charge in [0.2, 0.25) is 5.91 Å². The lowest BCUT2D eigenvalue weighted by Gasteiger charge is -2.18. The molecular weight excluding hydrogens is 275 g/mol. The van der Waals surface area contributed by atoms with Gasteiger partial charge in [-0.3, -0.25) is 4.79 Å². The molecule has 2 aromatic rings. The van der Waals surface area contributed by atoms with E-state index in [-0.39, 0.29) is 24.3 Å². The highest BCUT2D eigenvalue weighted by Crippen LogP contribution is 2.26. The quantitative estimate of drug-likeness (QED) is 0.859. The van der Waals surface area contributed by atoms with Gasteiger partial charge in [-0.05, 0) is 35.7 Å². The maximum atomic E-state index is 13.0. The molecule has 1 unspecified atom stereocenters. The second-order valence-electron chi connectivity index (χ2n) is 4.35. The molecule has 3 nitrogen and oxygen atoms in total. The van der Waals surface area contributed by atoms with Crippen LogP contribution in [0.5, 0.6) is 0 Å². The number of amides is 1. The van der Waals surface area contributed by atoms with E-state index in [1.165, 1.54) is 12.1 Å². The van der Waals surface area contributed by atoms with Gasteiger partial charge >= 0.3 is 0 Å². The van der Waals surface area contributed by atoms with Crippen molar-refractivity contribution in [1.82, 2.24) is 10.6 Å². The van der Waals surface area contributed by atoms with Crippen molar-refractivity contribution in [1.29, 1.82) is 0 Å². The molecule has 0 fully saturated rings. The van der Waals surface area contributed by atoms with Gasteiger partial charge in [0.15, 0.2) is 0 Å². The van der Waals surface area contributed by atoms with Crippen molar-refractivity contribution in [2.75, 3.05) is 13.1 Å². The Balaban J connectivity index is 2.17. The third kappa shape index (κ3) is 3.88. The first-order chi connectivity index (χ1) is 9.70. The van der Waals surface area contributed by atoms with Crippen LogP contribution in [0.1, 0.15) is 23.4 Å².